The Kier molecular flexibility index (Phi) is 5.26. The number of esters is 1. The zero-order chi connectivity index (χ0) is 15.2. The highest BCUT2D eigenvalue weighted by molar-refractivity contribution is 8.00. The molecule has 1 unspecified atom stereocenters. The predicted molar refractivity (Wildman–Crippen MR) is 72.5 cm³/mol. The number of rotatable bonds is 6. The van der Waals surface area contributed by atoms with E-state index in [-0.39, 0.29) is 12.2 Å². The lowest BCUT2D eigenvalue weighted by Gasteiger charge is -2.12. The molecule has 2 aromatic rings. The minimum atomic E-state index is -0.736. The second kappa shape index (κ2) is 7.16. The van der Waals surface area contributed by atoms with E-state index in [4.69, 9.17) is 4.74 Å². The molecule has 1 aromatic heterocycles. The molecule has 8 heteroatoms. The van der Waals surface area contributed by atoms with E-state index < -0.39 is 22.9 Å². The fourth-order valence-corrected chi connectivity index (χ4v) is 2.40. The van der Waals surface area contributed by atoms with Crippen molar-refractivity contribution in [2.45, 2.75) is 30.2 Å². The predicted octanol–water partition coefficient (Wildman–Crippen LogP) is 2.70. The summed E-state index contributed by atoms with van der Waals surface area (Å²) in [4.78, 5) is 12.0. The van der Waals surface area contributed by atoms with Crippen LogP contribution in [0.2, 0.25) is 0 Å². The lowest BCUT2D eigenvalue weighted by molar-refractivity contribution is -0.144. The van der Waals surface area contributed by atoms with Gasteiger partial charge in [0.25, 0.3) is 0 Å². The van der Waals surface area contributed by atoms with E-state index in [1.165, 1.54) is 24.0 Å². The van der Waals surface area contributed by atoms with Gasteiger partial charge in [0.2, 0.25) is 0 Å². The van der Waals surface area contributed by atoms with Gasteiger partial charge in [0.1, 0.15) is 28.5 Å². The summed E-state index contributed by atoms with van der Waals surface area (Å²) in [5, 5.41) is 10.1. The zero-order valence-corrected chi connectivity index (χ0v) is 12.0. The summed E-state index contributed by atoms with van der Waals surface area (Å²) in [6, 6.07) is 3.13. The molecule has 0 aliphatic heterocycles. The molecular formula is C13H13F2N3O2S. The maximum atomic E-state index is 13.4. The largest absolute Gasteiger partial charge is 0.460 e. The number of hydrogen-bond acceptors (Lipinski definition) is 5. The van der Waals surface area contributed by atoms with E-state index in [0.717, 1.165) is 12.1 Å². The number of nitrogens with zero attached hydrogens (tertiary/aromatic N) is 2. The van der Waals surface area contributed by atoms with Crippen LogP contribution in [0.25, 0.3) is 0 Å². The molecule has 0 amide bonds. The highest BCUT2D eigenvalue weighted by atomic mass is 32.2. The summed E-state index contributed by atoms with van der Waals surface area (Å²) in [7, 11) is 0. The molecule has 0 radical (unpaired) electrons. The van der Waals surface area contributed by atoms with Gasteiger partial charge in [-0.3, -0.25) is 4.79 Å². The third-order valence-electron chi connectivity index (χ3n) is 2.67. The maximum Gasteiger partial charge on any atom is 0.319 e. The van der Waals surface area contributed by atoms with Crippen LogP contribution in [0.15, 0.2) is 29.4 Å². The molecule has 1 aromatic carbocycles. The average molecular weight is 313 g/mol. The molecule has 0 saturated heterocycles. The van der Waals surface area contributed by atoms with E-state index in [1.54, 1.807) is 0 Å². The molecular weight excluding hydrogens is 300 g/mol. The van der Waals surface area contributed by atoms with Crippen molar-refractivity contribution in [1.82, 2.24) is 15.4 Å². The smallest absolute Gasteiger partial charge is 0.319 e. The van der Waals surface area contributed by atoms with Crippen LogP contribution in [0.5, 0.6) is 0 Å². The number of aromatic amines is 1. The first-order valence-electron chi connectivity index (χ1n) is 6.23. The number of halogens is 2. The third-order valence-corrected chi connectivity index (χ3v) is 3.92. The number of hydrogen-bond donors (Lipinski definition) is 1. The molecule has 2 rings (SSSR count). The Hall–Kier alpha value is -1.96. The van der Waals surface area contributed by atoms with Gasteiger partial charge in [-0.15, -0.1) is 5.10 Å². The summed E-state index contributed by atoms with van der Waals surface area (Å²) >= 11 is 1.21. The summed E-state index contributed by atoms with van der Waals surface area (Å²) in [6.07, 6.45) is 2.03. The second-order valence-corrected chi connectivity index (χ2v) is 5.39. The van der Waals surface area contributed by atoms with Crippen LogP contribution in [0.4, 0.5) is 8.78 Å². The van der Waals surface area contributed by atoms with Crippen molar-refractivity contribution >= 4 is 17.7 Å². The van der Waals surface area contributed by atoms with Crippen molar-refractivity contribution in [1.29, 1.82) is 0 Å². The Bertz CT molecular complexity index is 607. The van der Waals surface area contributed by atoms with Gasteiger partial charge in [-0.25, -0.2) is 8.78 Å². The number of thioether (sulfide) groups is 1. The van der Waals surface area contributed by atoms with Gasteiger partial charge in [0.05, 0.1) is 6.20 Å². The molecule has 1 N–H and O–H groups in total. The first-order chi connectivity index (χ1) is 10.1. The molecule has 0 fully saturated rings. The van der Waals surface area contributed by atoms with Gasteiger partial charge < -0.3 is 4.74 Å². The SMILES string of the molecule is CCC(Sc1cn[nH]n1)C(=O)OCc1ccc(F)cc1F. The Morgan fingerprint density at radius 2 is 2.29 bits per heavy atom. The molecule has 0 spiro atoms. The van der Waals surface area contributed by atoms with E-state index in [1.807, 2.05) is 6.92 Å². The number of nitrogens with one attached hydrogen (secondary N) is 1. The first kappa shape index (κ1) is 15.4. The van der Waals surface area contributed by atoms with E-state index >= 15 is 0 Å². The minimum Gasteiger partial charge on any atom is -0.460 e. The van der Waals surface area contributed by atoms with E-state index in [0.29, 0.717) is 11.4 Å². The van der Waals surface area contributed by atoms with Crippen LogP contribution in [0, 0.1) is 11.6 Å². The van der Waals surface area contributed by atoms with Gasteiger partial charge in [-0.2, -0.15) is 10.3 Å². The molecule has 0 aliphatic carbocycles. The van der Waals surface area contributed by atoms with Crippen LogP contribution in [0.3, 0.4) is 0 Å². The van der Waals surface area contributed by atoms with Crippen molar-refractivity contribution in [3.05, 3.63) is 41.6 Å². The van der Waals surface area contributed by atoms with Crippen LogP contribution in [-0.4, -0.2) is 26.6 Å². The topological polar surface area (TPSA) is 67.9 Å². The summed E-state index contributed by atoms with van der Waals surface area (Å²) in [6.45, 7) is 1.60. The summed E-state index contributed by atoms with van der Waals surface area (Å²) in [5.41, 5.74) is 0.131. The van der Waals surface area contributed by atoms with Crippen LogP contribution >= 0.6 is 11.8 Å². The first-order valence-corrected chi connectivity index (χ1v) is 7.11. The van der Waals surface area contributed by atoms with Gasteiger partial charge in [0, 0.05) is 11.6 Å². The summed E-state index contributed by atoms with van der Waals surface area (Å²) in [5.74, 6) is -1.88. The molecule has 0 saturated carbocycles. The Labute approximate surface area is 124 Å². The number of H-pyrrole nitrogens is 1. The number of ether oxygens (including phenoxy) is 1. The van der Waals surface area contributed by atoms with Gasteiger partial charge in [0.15, 0.2) is 0 Å². The lowest BCUT2D eigenvalue weighted by atomic mass is 10.2. The van der Waals surface area contributed by atoms with Crippen molar-refractivity contribution in [2.75, 3.05) is 0 Å². The Balaban J connectivity index is 1.93. The molecule has 1 heterocycles. The maximum absolute atomic E-state index is 13.4. The number of benzene rings is 1. The van der Waals surface area contributed by atoms with E-state index in [9.17, 15) is 13.6 Å². The quantitative estimate of drug-likeness (QED) is 0.656. The van der Waals surface area contributed by atoms with Gasteiger partial charge >= 0.3 is 5.97 Å². The van der Waals surface area contributed by atoms with Gasteiger partial charge in [-0.1, -0.05) is 18.7 Å². The van der Waals surface area contributed by atoms with Crippen LogP contribution < -0.4 is 0 Å². The number of carbonyl (C=O) groups is 1. The Morgan fingerprint density at radius 3 is 2.90 bits per heavy atom. The summed E-state index contributed by atoms with van der Waals surface area (Å²) < 4.78 is 31.3. The molecule has 0 bridgehead atoms. The Morgan fingerprint density at radius 1 is 1.48 bits per heavy atom. The molecule has 112 valence electrons. The van der Waals surface area contributed by atoms with Crippen molar-refractivity contribution in [2.24, 2.45) is 0 Å². The fraction of sp³-hybridized carbons (Fsp3) is 0.308. The van der Waals surface area contributed by atoms with Crippen molar-refractivity contribution in [3.8, 4) is 0 Å². The van der Waals surface area contributed by atoms with Crippen molar-refractivity contribution < 1.29 is 18.3 Å². The minimum absolute atomic E-state index is 0.131. The van der Waals surface area contributed by atoms with Crippen LogP contribution in [-0.2, 0) is 16.1 Å². The monoisotopic (exact) mass is 313 g/mol. The van der Waals surface area contributed by atoms with E-state index in [2.05, 4.69) is 15.4 Å². The third kappa shape index (κ3) is 4.25. The molecule has 21 heavy (non-hydrogen) atoms. The van der Waals surface area contributed by atoms with Crippen molar-refractivity contribution in [3.63, 3.8) is 0 Å². The number of carbonyl (C=O) groups excluding carboxylic acids is 1. The standard InChI is InChI=1S/C13H13F2N3O2S/c1-2-11(21-12-6-16-18-17-12)13(19)20-7-8-3-4-9(14)5-10(8)15/h3-6,11H,2,7H2,1H3,(H,16,17,18). The fourth-order valence-electron chi connectivity index (χ4n) is 1.57. The highest BCUT2D eigenvalue weighted by Gasteiger charge is 2.21. The molecule has 0 aliphatic rings. The van der Waals surface area contributed by atoms with Gasteiger partial charge in [-0.05, 0) is 18.6 Å². The molecule has 5 nitrogen and oxygen atoms in total. The lowest BCUT2D eigenvalue weighted by Crippen LogP contribution is -2.19. The molecule has 1 atom stereocenters. The normalized spacial score (nSPS) is 12.1. The number of aromatic nitrogens is 3. The second-order valence-electron chi connectivity index (χ2n) is 4.17. The zero-order valence-electron chi connectivity index (χ0n) is 11.2. The average Bonchev–Trinajstić information content (AvgIpc) is 2.96. The highest BCUT2D eigenvalue weighted by Crippen LogP contribution is 2.24. The van der Waals surface area contributed by atoms with Crippen LogP contribution in [0.1, 0.15) is 18.9 Å².